The van der Waals surface area contributed by atoms with Crippen molar-refractivity contribution in [1.82, 2.24) is 5.32 Å². The van der Waals surface area contributed by atoms with E-state index in [-0.39, 0.29) is 17.4 Å². The molecule has 8 nitrogen and oxygen atoms in total. The SMILES string of the molecule is CC1(C)NC(=O)N(c2cccc(NC(=O)c3cccc(C(=O)Nc4ccccc4)c3)c2)C1=O. The highest BCUT2D eigenvalue weighted by molar-refractivity contribution is 6.23. The number of imide groups is 1. The van der Waals surface area contributed by atoms with E-state index in [1.54, 1.807) is 68.4 Å². The number of benzene rings is 3. The van der Waals surface area contributed by atoms with E-state index >= 15 is 0 Å². The first-order chi connectivity index (χ1) is 15.7. The van der Waals surface area contributed by atoms with E-state index in [9.17, 15) is 19.2 Å². The van der Waals surface area contributed by atoms with E-state index in [0.717, 1.165) is 4.90 Å². The van der Waals surface area contributed by atoms with Crippen LogP contribution in [0.1, 0.15) is 34.6 Å². The topological polar surface area (TPSA) is 108 Å². The molecule has 3 N–H and O–H groups in total. The van der Waals surface area contributed by atoms with Crippen molar-refractivity contribution in [3.8, 4) is 0 Å². The first-order valence-electron chi connectivity index (χ1n) is 10.3. The molecule has 0 aromatic heterocycles. The largest absolute Gasteiger partial charge is 0.329 e. The van der Waals surface area contributed by atoms with Gasteiger partial charge in [-0.15, -0.1) is 0 Å². The maximum atomic E-state index is 12.8. The van der Waals surface area contributed by atoms with Crippen LogP contribution in [0.3, 0.4) is 0 Å². The van der Waals surface area contributed by atoms with Crippen LogP contribution in [0.4, 0.5) is 21.9 Å². The lowest BCUT2D eigenvalue weighted by molar-refractivity contribution is -0.121. The molecule has 5 amide bonds. The summed E-state index contributed by atoms with van der Waals surface area (Å²) in [5.41, 5.74) is 1.02. The molecule has 33 heavy (non-hydrogen) atoms. The zero-order valence-electron chi connectivity index (χ0n) is 18.1. The van der Waals surface area contributed by atoms with Gasteiger partial charge in [-0.3, -0.25) is 14.4 Å². The van der Waals surface area contributed by atoms with Gasteiger partial charge in [0, 0.05) is 22.5 Å². The van der Waals surface area contributed by atoms with E-state index in [1.165, 1.54) is 6.07 Å². The van der Waals surface area contributed by atoms with Crippen molar-refractivity contribution >= 4 is 40.8 Å². The second-order valence-corrected chi connectivity index (χ2v) is 8.10. The lowest BCUT2D eigenvalue weighted by atomic mass is 10.1. The number of anilines is 3. The molecule has 3 aromatic carbocycles. The Labute approximate surface area is 190 Å². The Hall–Kier alpha value is -4.46. The van der Waals surface area contributed by atoms with Gasteiger partial charge in [0.1, 0.15) is 5.54 Å². The first kappa shape index (κ1) is 21.8. The minimum atomic E-state index is -1.00. The van der Waals surface area contributed by atoms with Gasteiger partial charge in [0.15, 0.2) is 0 Å². The van der Waals surface area contributed by atoms with E-state index < -0.39 is 17.5 Å². The highest BCUT2D eigenvalue weighted by Crippen LogP contribution is 2.27. The zero-order valence-corrected chi connectivity index (χ0v) is 18.1. The van der Waals surface area contributed by atoms with Crippen LogP contribution < -0.4 is 20.9 Å². The summed E-state index contributed by atoms with van der Waals surface area (Å²) in [6.07, 6.45) is 0. The molecule has 1 fully saturated rings. The van der Waals surface area contributed by atoms with E-state index in [4.69, 9.17) is 0 Å². The first-order valence-corrected chi connectivity index (χ1v) is 10.3. The molecule has 1 aliphatic heterocycles. The van der Waals surface area contributed by atoms with Gasteiger partial charge in [0.2, 0.25) is 0 Å². The number of urea groups is 1. The van der Waals surface area contributed by atoms with Gasteiger partial charge in [0.25, 0.3) is 17.7 Å². The fraction of sp³-hybridized carbons (Fsp3) is 0.120. The van der Waals surface area contributed by atoms with Gasteiger partial charge in [-0.2, -0.15) is 0 Å². The van der Waals surface area contributed by atoms with Crippen LogP contribution in [0.15, 0.2) is 78.9 Å². The van der Waals surface area contributed by atoms with Crippen LogP contribution in [-0.2, 0) is 4.79 Å². The molecule has 4 rings (SSSR count). The van der Waals surface area contributed by atoms with Crippen LogP contribution in [0.2, 0.25) is 0 Å². The second-order valence-electron chi connectivity index (χ2n) is 8.10. The monoisotopic (exact) mass is 442 g/mol. The molecule has 1 heterocycles. The normalized spacial score (nSPS) is 14.5. The Morgan fingerprint density at radius 1 is 0.758 bits per heavy atom. The van der Waals surface area contributed by atoms with Gasteiger partial charge in [0.05, 0.1) is 5.69 Å². The Morgan fingerprint density at radius 3 is 1.94 bits per heavy atom. The van der Waals surface area contributed by atoms with Crippen molar-refractivity contribution in [3.63, 3.8) is 0 Å². The molecular weight excluding hydrogens is 420 g/mol. The molecule has 0 spiro atoms. The average Bonchev–Trinajstić information content (AvgIpc) is 3.00. The maximum Gasteiger partial charge on any atom is 0.329 e. The van der Waals surface area contributed by atoms with Crippen LogP contribution in [0.5, 0.6) is 0 Å². The second kappa shape index (κ2) is 8.58. The Bertz CT molecular complexity index is 1250. The van der Waals surface area contributed by atoms with Gasteiger partial charge < -0.3 is 16.0 Å². The number of rotatable bonds is 5. The van der Waals surface area contributed by atoms with Gasteiger partial charge >= 0.3 is 6.03 Å². The molecule has 1 aliphatic rings. The molecule has 3 aromatic rings. The summed E-state index contributed by atoms with van der Waals surface area (Å²) < 4.78 is 0. The van der Waals surface area contributed by atoms with E-state index in [0.29, 0.717) is 22.6 Å². The van der Waals surface area contributed by atoms with Crippen LogP contribution in [-0.4, -0.2) is 29.3 Å². The Morgan fingerprint density at radius 2 is 1.33 bits per heavy atom. The Balaban J connectivity index is 1.50. The summed E-state index contributed by atoms with van der Waals surface area (Å²) in [6, 6.07) is 21.3. The standard InChI is InChI=1S/C25H22N4O4/c1-25(2)23(32)29(24(33)28-25)20-13-7-12-19(15-20)27-22(31)17-9-6-8-16(14-17)21(30)26-18-10-4-3-5-11-18/h3-15H,1-2H3,(H,26,30)(H,27,31)(H,28,33). The van der Waals surface area contributed by atoms with Crippen molar-refractivity contribution in [1.29, 1.82) is 0 Å². The molecule has 0 unspecified atom stereocenters. The third-order valence-electron chi connectivity index (χ3n) is 5.14. The average molecular weight is 442 g/mol. The molecule has 166 valence electrons. The fourth-order valence-corrected chi connectivity index (χ4v) is 3.44. The van der Waals surface area contributed by atoms with E-state index in [2.05, 4.69) is 16.0 Å². The molecule has 0 atom stereocenters. The number of hydrogen-bond acceptors (Lipinski definition) is 4. The number of carbonyl (C=O) groups is 4. The predicted molar refractivity (Wildman–Crippen MR) is 125 cm³/mol. The Kier molecular flexibility index (Phi) is 5.66. The minimum absolute atomic E-state index is 0.289. The minimum Gasteiger partial charge on any atom is -0.323 e. The lowest BCUT2D eigenvalue weighted by Crippen LogP contribution is -2.40. The van der Waals surface area contributed by atoms with Crippen LogP contribution >= 0.6 is 0 Å². The lowest BCUT2D eigenvalue weighted by Gasteiger charge is -2.17. The van der Waals surface area contributed by atoms with Gasteiger partial charge in [-0.05, 0) is 62.4 Å². The van der Waals surface area contributed by atoms with Crippen molar-refractivity contribution < 1.29 is 19.2 Å². The summed E-state index contributed by atoms with van der Waals surface area (Å²) >= 11 is 0. The number of carbonyl (C=O) groups excluding carboxylic acids is 4. The fourth-order valence-electron chi connectivity index (χ4n) is 3.44. The highest BCUT2D eigenvalue weighted by Gasteiger charge is 2.45. The predicted octanol–water partition coefficient (Wildman–Crippen LogP) is 4.03. The smallest absolute Gasteiger partial charge is 0.323 e. The van der Waals surface area contributed by atoms with Gasteiger partial charge in [-0.1, -0.05) is 30.3 Å². The van der Waals surface area contributed by atoms with Crippen LogP contribution in [0.25, 0.3) is 0 Å². The van der Waals surface area contributed by atoms with Crippen molar-refractivity contribution in [2.24, 2.45) is 0 Å². The highest BCUT2D eigenvalue weighted by atomic mass is 16.2. The summed E-state index contributed by atoms with van der Waals surface area (Å²) in [5, 5.41) is 8.15. The summed E-state index contributed by atoms with van der Waals surface area (Å²) in [7, 11) is 0. The summed E-state index contributed by atoms with van der Waals surface area (Å²) in [5.74, 6) is -1.15. The molecule has 1 saturated heterocycles. The molecule has 0 bridgehead atoms. The number of nitrogens with one attached hydrogen (secondary N) is 3. The van der Waals surface area contributed by atoms with Crippen molar-refractivity contribution in [2.45, 2.75) is 19.4 Å². The third kappa shape index (κ3) is 4.59. The zero-order chi connectivity index (χ0) is 23.6. The van der Waals surface area contributed by atoms with Crippen molar-refractivity contribution in [3.05, 3.63) is 90.0 Å². The van der Waals surface area contributed by atoms with Crippen molar-refractivity contribution in [2.75, 3.05) is 15.5 Å². The molecule has 0 saturated carbocycles. The molecule has 0 radical (unpaired) electrons. The maximum absolute atomic E-state index is 12.8. The number of amides is 5. The van der Waals surface area contributed by atoms with E-state index in [1.807, 2.05) is 18.2 Å². The third-order valence-corrected chi connectivity index (χ3v) is 5.14. The van der Waals surface area contributed by atoms with Gasteiger partial charge in [-0.25, -0.2) is 9.69 Å². The molecular formula is C25H22N4O4. The number of para-hydroxylation sites is 1. The van der Waals surface area contributed by atoms with Crippen LogP contribution in [0, 0.1) is 0 Å². The number of hydrogen-bond donors (Lipinski definition) is 3. The number of nitrogens with zero attached hydrogens (tertiary/aromatic N) is 1. The summed E-state index contributed by atoms with van der Waals surface area (Å²) in [4.78, 5) is 51.2. The molecule has 8 heteroatoms. The summed E-state index contributed by atoms with van der Waals surface area (Å²) in [6.45, 7) is 3.25. The quantitative estimate of drug-likeness (QED) is 0.519. The molecule has 0 aliphatic carbocycles.